The molecule has 2 aromatic rings. The van der Waals surface area contributed by atoms with Crippen LogP contribution in [0.3, 0.4) is 0 Å². The van der Waals surface area contributed by atoms with E-state index in [2.05, 4.69) is 20.6 Å². The molecule has 1 fully saturated rings. The summed E-state index contributed by atoms with van der Waals surface area (Å²) < 4.78 is 1.69. The van der Waals surface area contributed by atoms with Crippen molar-refractivity contribution in [3.8, 4) is 5.82 Å². The normalized spacial score (nSPS) is 15.1. The molecular formula is C17H24N6O. The van der Waals surface area contributed by atoms with Gasteiger partial charge >= 0.3 is 0 Å². The average molecular weight is 328 g/mol. The standard InChI is InChI=1S/C17H24N6O/c1-14-9-13-23(21-14)16-7-6-15(19-20-16)18-10-8-17(24)22-11-4-2-3-5-12-22/h6-7,9,13H,2-5,8,10-12H2,1H3,(H,18,19). The van der Waals surface area contributed by atoms with Crippen molar-refractivity contribution in [3.05, 3.63) is 30.1 Å². The van der Waals surface area contributed by atoms with Gasteiger partial charge in [0.25, 0.3) is 0 Å². The van der Waals surface area contributed by atoms with E-state index in [1.54, 1.807) is 4.68 Å². The largest absolute Gasteiger partial charge is 0.368 e. The lowest BCUT2D eigenvalue weighted by Crippen LogP contribution is -2.32. The van der Waals surface area contributed by atoms with Gasteiger partial charge in [0, 0.05) is 32.3 Å². The summed E-state index contributed by atoms with van der Waals surface area (Å²) in [6.07, 6.45) is 7.06. The van der Waals surface area contributed by atoms with Gasteiger partial charge in [-0.25, -0.2) is 4.68 Å². The van der Waals surface area contributed by atoms with Gasteiger partial charge in [-0.05, 0) is 38.0 Å². The zero-order chi connectivity index (χ0) is 16.8. The first-order valence-corrected chi connectivity index (χ1v) is 8.60. The maximum Gasteiger partial charge on any atom is 0.224 e. The monoisotopic (exact) mass is 328 g/mol. The van der Waals surface area contributed by atoms with E-state index < -0.39 is 0 Å². The minimum atomic E-state index is 0.223. The highest BCUT2D eigenvalue weighted by atomic mass is 16.2. The number of rotatable bonds is 5. The van der Waals surface area contributed by atoms with Crippen LogP contribution in [0.5, 0.6) is 0 Å². The molecular weight excluding hydrogens is 304 g/mol. The van der Waals surface area contributed by atoms with Crippen LogP contribution in [0.25, 0.3) is 5.82 Å². The highest BCUT2D eigenvalue weighted by molar-refractivity contribution is 5.76. The Morgan fingerprint density at radius 2 is 1.92 bits per heavy atom. The summed E-state index contributed by atoms with van der Waals surface area (Å²) in [4.78, 5) is 14.2. The molecule has 0 aromatic carbocycles. The fourth-order valence-corrected chi connectivity index (χ4v) is 2.86. The van der Waals surface area contributed by atoms with Gasteiger partial charge < -0.3 is 10.2 Å². The van der Waals surface area contributed by atoms with Crippen molar-refractivity contribution in [3.63, 3.8) is 0 Å². The molecule has 0 spiro atoms. The molecule has 7 nitrogen and oxygen atoms in total. The minimum Gasteiger partial charge on any atom is -0.368 e. The average Bonchev–Trinajstić information content (AvgIpc) is 2.86. The number of hydrogen-bond donors (Lipinski definition) is 1. The number of aromatic nitrogens is 4. The molecule has 128 valence electrons. The lowest BCUT2D eigenvalue weighted by molar-refractivity contribution is -0.130. The molecule has 1 aliphatic rings. The first-order chi connectivity index (χ1) is 11.7. The maximum atomic E-state index is 12.2. The Balaban J connectivity index is 1.47. The molecule has 1 saturated heterocycles. The van der Waals surface area contributed by atoms with Crippen LogP contribution >= 0.6 is 0 Å². The number of aryl methyl sites for hydroxylation is 1. The molecule has 0 saturated carbocycles. The summed E-state index contributed by atoms with van der Waals surface area (Å²) in [6, 6.07) is 5.64. The first-order valence-electron chi connectivity index (χ1n) is 8.60. The summed E-state index contributed by atoms with van der Waals surface area (Å²) in [7, 11) is 0. The summed E-state index contributed by atoms with van der Waals surface area (Å²) in [6.45, 7) is 4.30. The molecule has 3 rings (SSSR count). The van der Waals surface area contributed by atoms with E-state index in [-0.39, 0.29) is 5.91 Å². The van der Waals surface area contributed by atoms with E-state index in [1.807, 2.05) is 36.2 Å². The van der Waals surface area contributed by atoms with E-state index in [1.165, 1.54) is 12.8 Å². The Hall–Kier alpha value is -2.44. The smallest absolute Gasteiger partial charge is 0.224 e. The van der Waals surface area contributed by atoms with Crippen LogP contribution in [0.2, 0.25) is 0 Å². The van der Waals surface area contributed by atoms with Gasteiger partial charge in [-0.3, -0.25) is 4.79 Å². The topological polar surface area (TPSA) is 75.9 Å². The van der Waals surface area contributed by atoms with Gasteiger partial charge in [-0.2, -0.15) is 5.10 Å². The van der Waals surface area contributed by atoms with Gasteiger partial charge in [-0.1, -0.05) is 12.8 Å². The Morgan fingerprint density at radius 3 is 2.54 bits per heavy atom. The Kier molecular flexibility index (Phi) is 5.40. The molecule has 1 aliphatic heterocycles. The zero-order valence-corrected chi connectivity index (χ0v) is 14.1. The predicted molar refractivity (Wildman–Crippen MR) is 92.0 cm³/mol. The highest BCUT2D eigenvalue weighted by Crippen LogP contribution is 2.11. The predicted octanol–water partition coefficient (Wildman–Crippen LogP) is 2.18. The molecule has 0 atom stereocenters. The summed E-state index contributed by atoms with van der Waals surface area (Å²) in [5, 5.41) is 15.8. The van der Waals surface area contributed by atoms with E-state index in [4.69, 9.17) is 0 Å². The number of hydrogen-bond acceptors (Lipinski definition) is 5. The fourth-order valence-electron chi connectivity index (χ4n) is 2.86. The van der Waals surface area contributed by atoms with Crippen molar-refractivity contribution in [2.24, 2.45) is 0 Å². The molecule has 24 heavy (non-hydrogen) atoms. The van der Waals surface area contributed by atoms with Crippen LogP contribution in [0.4, 0.5) is 5.82 Å². The lowest BCUT2D eigenvalue weighted by atomic mass is 10.2. The van der Waals surface area contributed by atoms with Crippen LogP contribution in [0.1, 0.15) is 37.8 Å². The molecule has 0 radical (unpaired) electrons. The highest BCUT2D eigenvalue weighted by Gasteiger charge is 2.14. The third kappa shape index (κ3) is 4.31. The number of carbonyl (C=O) groups excluding carboxylic acids is 1. The van der Waals surface area contributed by atoms with Crippen molar-refractivity contribution < 1.29 is 4.79 Å². The number of likely N-dealkylation sites (tertiary alicyclic amines) is 1. The van der Waals surface area contributed by atoms with Crippen molar-refractivity contribution in [1.82, 2.24) is 24.9 Å². The molecule has 0 bridgehead atoms. The third-order valence-corrected chi connectivity index (χ3v) is 4.21. The minimum absolute atomic E-state index is 0.223. The fraction of sp³-hybridized carbons (Fsp3) is 0.529. The molecule has 1 N–H and O–H groups in total. The Morgan fingerprint density at radius 1 is 1.12 bits per heavy atom. The van der Waals surface area contributed by atoms with E-state index in [0.29, 0.717) is 24.6 Å². The van der Waals surface area contributed by atoms with Gasteiger partial charge in [0.15, 0.2) is 5.82 Å². The Bertz CT molecular complexity index is 658. The summed E-state index contributed by atoms with van der Waals surface area (Å²) >= 11 is 0. The molecule has 7 heteroatoms. The number of nitrogens with zero attached hydrogens (tertiary/aromatic N) is 5. The lowest BCUT2D eigenvalue weighted by Gasteiger charge is -2.20. The van der Waals surface area contributed by atoms with Crippen molar-refractivity contribution >= 4 is 11.7 Å². The van der Waals surface area contributed by atoms with E-state index >= 15 is 0 Å². The van der Waals surface area contributed by atoms with Crippen molar-refractivity contribution in [1.29, 1.82) is 0 Å². The quantitative estimate of drug-likeness (QED) is 0.910. The second-order valence-electron chi connectivity index (χ2n) is 6.15. The van der Waals surface area contributed by atoms with Crippen molar-refractivity contribution in [2.75, 3.05) is 25.0 Å². The summed E-state index contributed by atoms with van der Waals surface area (Å²) in [5.41, 5.74) is 0.936. The zero-order valence-electron chi connectivity index (χ0n) is 14.1. The van der Waals surface area contributed by atoms with Crippen LogP contribution in [-0.4, -0.2) is 50.4 Å². The molecule has 2 aromatic heterocycles. The van der Waals surface area contributed by atoms with Gasteiger partial charge in [0.05, 0.1) is 5.69 Å². The number of amides is 1. The van der Waals surface area contributed by atoms with E-state index in [0.717, 1.165) is 31.6 Å². The number of nitrogens with one attached hydrogen (secondary N) is 1. The van der Waals surface area contributed by atoms with Gasteiger partial charge in [0.2, 0.25) is 5.91 Å². The van der Waals surface area contributed by atoms with Gasteiger partial charge in [0.1, 0.15) is 5.82 Å². The second-order valence-corrected chi connectivity index (χ2v) is 6.15. The van der Waals surface area contributed by atoms with E-state index in [9.17, 15) is 4.79 Å². The van der Waals surface area contributed by atoms with Crippen LogP contribution in [-0.2, 0) is 4.79 Å². The van der Waals surface area contributed by atoms with Gasteiger partial charge in [-0.15, -0.1) is 10.2 Å². The number of carbonyl (C=O) groups is 1. The third-order valence-electron chi connectivity index (χ3n) is 4.21. The van der Waals surface area contributed by atoms with Crippen LogP contribution in [0.15, 0.2) is 24.4 Å². The van der Waals surface area contributed by atoms with Crippen LogP contribution in [0, 0.1) is 6.92 Å². The molecule has 0 unspecified atom stereocenters. The Labute approximate surface area is 142 Å². The molecule has 1 amide bonds. The second kappa shape index (κ2) is 7.90. The SMILES string of the molecule is Cc1ccn(-c2ccc(NCCC(=O)N3CCCCCC3)nn2)n1. The first kappa shape index (κ1) is 16.4. The number of anilines is 1. The maximum absolute atomic E-state index is 12.2. The van der Waals surface area contributed by atoms with Crippen LogP contribution < -0.4 is 5.32 Å². The summed E-state index contributed by atoms with van der Waals surface area (Å²) in [5.74, 6) is 1.57. The molecule has 3 heterocycles. The van der Waals surface area contributed by atoms with Crippen molar-refractivity contribution in [2.45, 2.75) is 39.0 Å². The molecule has 0 aliphatic carbocycles.